The van der Waals surface area contributed by atoms with Gasteiger partial charge in [0.25, 0.3) is 0 Å². The molecule has 8 rings (SSSR count). The summed E-state index contributed by atoms with van der Waals surface area (Å²) in [7, 11) is 0. The van der Waals surface area contributed by atoms with Crippen LogP contribution in [0.2, 0.25) is 0 Å². The zero-order valence-corrected chi connectivity index (χ0v) is 34.3. The Morgan fingerprint density at radius 2 is 0.917 bits per heavy atom. The number of benzene rings is 8. The van der Waals surface area contributed by atoms with Crippen molar-refractivity contribution < 1.29 is 9.59 Å². The number of hydrogen-bond donors (Lipinski definition) is 0. The molecule has 0 unspecified atom stereocenters. The molecule has 0 aliphatic carbocycles. The molecule has 0 heterocycles. The van der Waals surface area contributed by atoms with Gasteiger partial charge in [0.05, 0.1) is 0 Å². The summed E-state index contributed by atoms with van der Waals surface area (Å²) in [6, 6.07) is 46.6. The second kappa shape index (κ2) is 18.6. The second-order valence-corrected chi connectivity index (χ2v) is 15.5. The maximum Gasteiger partial charge on any atom is 0.193 e. The standard InChI is InChI=1S/C58H46O2/c1-3-5-7-9-41-11-15-44(16-12-41)27-31-50-39-51(32-28-45-17-13-42(14-18-45)10-8-6-4-2)53-37-38-54-55(36-34-48-33-35-52(50)57(53)56(48)54)58(60)49-29-25-46(26-30-49)20-19-43-21-23-47(40-59)24-22-43/h11-18,21-26,29-30,33-40H,3-10H2,1-2H3. The first kappa shape index (κ1) is 39.6. The fourth-order valence-electron chi connectivity index (χ4n) is 7.90. The summed E-state index contributed by atoms with van der Waals surface area (Å²) in [6.07, 6.45) is 10.3. The van der Waals surface area contributed by atoms with Crippen LogP contribution >= 0.6 is 0 Å². The van der Waals surface area contributed by atoms with Crippen LogP contribution in [0.5, 0.6) is 0 Å². The molecule has 0 aromatic heterocycles. The van der Waals surface area contributed by atoms with E-state index in [0.29, 0.717) is 16.7 Å². The van der Waals surface area contributed by atoms with Crippen molar-refractivity contribution in [2.45, 2.75) is 65.2 Å². The molecule has 0 atom stereocenters. The van der Waals surface area contributed by atoms with Crippen LogP contribution in [0.3, 0.4) is 0 Å². The van der Waals surface area contributed by atoms with E-state index in [0.717, 1.165) is 84.8 Å². The Morgan fingerprint density at radius 3 is 1.43 bits per heavy atom. The van der Waals surface area contributed by atoms with Gasteiger partial charge in [-0.3, -0.25) is 9.59 Å². The molecule has 0 N–H and O–H groups in total. The Bertz CT molecular complexity index is 2910. The average molecular weight is 775 g/mol. The first-order valence-corrected chi connectivity index (χ1v) is 21.2. The van der Waals surface area contributed by atoms with Crippen LogP contribution in [0.25, 0.3) is 32.3 Å². The van der Waals surface area contributed by atoms with Crippen molar-refractivity contribution in [1.29, 1.82) is 0 Å². The summed E-state index contributed by atoms with van der Waals surface area (Å²) < 4.78 is 0. The number of carbonyl (C=O) groups is 2. The van der Waals surface area contributed by atoms with Crippen molar-refractivity contribution in [3.05, 3.63) is 201 Å². The number of aldehydes is 1. The molecule has 0 radical (unpaired) electrons. The molecule has 0 aliphatic rings. The Balaban J connectivity index is 1.18. The summed E-state index contributed by atoms with van der Waals surface area (Å²) in [4.78, 5) is 25.3. The molecule has 0 aliphatic heterocycles. The van der Waals surface area contributed by atoms with Gasteiger partial charge < -0.3 is 0 Å². The summed E-state index contributed by atoms with van der Waals surface area (Å²) in [5.41, 5.74) is 9.93. The van der Waals surface area contributed by atoms with Gasteiger partial charge in [0, 0.05) is 50.1 Å². The van der Waals surface area contributed by atoms with Crippen LogP contribution < -0.4 is 0 Å². The third-order valence-electron chi connectivity index (χ3n) is 11.3. The van der Waals surface area contributed by atoms with Crippen molar-refractivity contribution in [1.82, 2.24) is 0 Å². The van der Waals surface area contributed by atoms with Gasteiger partial charge in [-0.25, -0.2) is 0 Å². The first-order chi connectivity index (χ1) is 29.5. The molecule has 0 saturated carbocycles. The van der Waals surface area contributed by atoms with E-state index in [2.05, 4.69) is 134 Å². The molecular formula is C58H46O2. The van der Waals surface area contributed by atoms with E-state index in [9.17, 15) is 9.59 Å². The summed E-state index contributed by atoms with van der Waals surface area (Å²) >= 11 is 0. The van der Waals surface area contributed by atoms with Crippen LogP contribution in [0.4, 0.5) is 0 Å². The minimum atomic E-state index is -0.0480. The molecule has 0 amide bonds. The summed E-state index contributed by atoms with van der Waals surface area (Å²) in [6.45, 7) is 4.47. The molecule has 0 spiro atoms. The van der Waals surface area contributed by atoms with Gasteiger partial charge in [-0.15, -0.1) is 0 Å². The minimum Gasteiger partial charge on any atom is -0.298 e. The highest BCUT2D eigenvalue weighted by Crippen LogP contribution is 2.39. The van der Waals surface area contributed by atoms with E-state index in [4.69, 9.17) is 0 Å². The van der Waals surface area contributed by atoms with E-state index in [1.165, 1.54) is 49.7 Å². The fraction of sp³-hybridized carbons (Fsp3) is 0.172. The topological polar surface area (TPSA) is 34.1 Å². The van der Waals surface area contributed by atoms with E-state index < -0.39 is 0 Å². The van der Waals surface area contributed by atoms with Crippen LogP contribution in [0.1, 0.15) is 123 Å². The SMILES string of the molecule is CCCCCc1ccc(C#Cc2cc(C#Cc3ccc(CCCCC)cc3)c3ccc4c(C(=O)c5ccc(C#Cc6ccc(C=O)cc6)cc5)ccc5ccc2c3c54)cc1. The number of rotatable bonds is 11. The van der Waals surface area contributed by atoms with Gasteiger partial charge in [-0.1, -0.05) is 142 Å². The van der Waals surface area contributed by atoms with Gasteiger partial charge in [0.1, 0.15) is 6.29 Å². The zero-order chi connectivity index (χ0) is 41.3. The van der Waals surface area contributed by atoms with Crippen LogP contribution in [0, 0.1) is 35.5 Å². The average Bonchev–Trinajstić information content (AvgIpc) is 3.30. The van der Waals surface area contributed by atoms with Gasteiger partial charge >= 0.3 is 0 Å². The predicted molar refractivity (Wildman–Crippen MR) is 249 cm³/mol. The van der Waals surface area contributed by atoms with Gasteiger partial charge in [0.2, 0.25) is 0 Å². The highest BCUT2D eigenvalue weighted by molar-refractivity contribution is 6.29. The van der Waals surface area contributed by atoms with Gasteiger partial charge in [-0.05, 0) is 142 Å². The van der Waals surface area contributed by atoms with Crippen molar-refractivity contribution in [3.63, 3.8) is 0 Å². The van der Waals surface area contributed by atoms with E-state index >= 15 is 0 Å². The van der Waals surface area contributed by atoms with Crippen LogP contribution in [0.15, 0.2) is 140 Å². The van der Waals surface area contributed by atoms with Crippen LogP contribution in [-0.2, 0) is 12.8 Å². The number of unbranched alkanes of at least 4 members (excludes halogenated alkanes) is 4. The molecule has 0 fully saturated rings. The van der Waals surface area contributed by atoms with Crippen molar-refractivity contribution in [3.8, 4) is 35.5 Å². The van der Waals surface area contributed by atoms with E-state index in [1.54, 1.807) is 12.1 Å². The third kappa shape index (κ3) is 8.93. The molecule has 2 nitrogen and oxygen atoms in total. The quantitative estimate of drug-likeness (QED) is 0.0431. The maximum atomic E-state index is 14.3. The molecule has 8 aromatic rings. The van der Waals surface area contributed by atoms with Gasteiger partial charge in [0.15, 0.2) is 5.78 Å². The maximum absolute atomic E-state index is 14.3. The molecule has 0 bridgehead atoms. The highest BCUT2D eigenvalue weighted by Gasteiger charge is 2.19. The second-order valence-electron chi connectivity index (χ2n) is 15.5. The number of hydrogen-bond acceptors (Lipinski definition) is 2. The van der Waals surface area contributed by atoms with Crippen molar-refractivity contribution in [2.24, 2.45) is 0 Å². The minimum absolute atomic E-state index is 0.0480. The molecule has 60 heavy (non-hydrogen) atoms. The fourth-order valence-corrected chi connectivity index (χ4v) is 7.90. The lowest BCUT2D eigenvalue weighted by Gasteiger charge is -2.16. The van der Waals surface area contributed by atoms with E-state index in [-0.39, 0.29) is 5.78 Å². The molecule has 2 heteroatoms. The Morgan fingerprint density at radius 1 is 0.467 bits per heavy atom. The van der Waals surface area contributed by atoms with Gasteiger partial charge in [-0.2, -0.15) is 0 Å². The Kier molecular flexibility index (Phi) is 12.3. The lowest BCUT2D eigenvalue weighted by molar-refractivity contribution is 0.103. The first-order valence-electron chi connectivity index (χ1n) is 21.2. The lowest BCUT2D eigenvalue weighted by Crippen LogP contribution is -2.03. The van der Waals surface area contributed by atoms with Crippen LogP contribution in [-0.4, -0.2) is 12.1 Å². The van der Waals surface area contributed by atoms with E-state index in [1.807, 2.05) is 42.5 Å². The molecular weight excluding hydrogens is 729 g/mol. The third-order valence-corrected chi connectivity index (χ3v) is 11.3. The predicted octanol–water partition coefficient (Wildman–Crippen LogP) is 13.3. The van der Waals surface area contributed by atoms with Crippen molar-refractivity contribution >= 4 is 44.4 Å². The number of ketones is 1. The highest BCUT2D eigenvalue weighted by atomic mass is 16.1. The lowest BCUT2D eigenvalue weighted by atomic mass is 9.86. The molecule has 8 aromatic carbocycles. The zero-order valence-electron chi connectivity index (χ0n) is 34.3. The molecule has 290 valence electrons. The largest absolute Gasteiger partial charge is 0.298 e. The number of aryl methyl sites for hydroxylation is 2. The Hall–Kier alpha value is -7.18. The Labute approximate surface area is 354 Å². The summed E-state index contributed by atoms with van der Waals surface area (Å²) in [5, 5.41) is 6.16. The normalized spacial score (nSPS) is 10.8. The summed E-state index contributed by atoms with van der Waals surface area (Å²) in [5.74, 6) is 20.3. The monoisotopic (exact) mass is 774 g/mol. The van der Waals surface area contributed by atoms with Crippen molar-refractivity contribution in [2.75, 3.05) is 0 Å². The number of carbonyl (C=O) groups excluding carboxylic acids is 2. The molecule has 0 saturated heterocycles. The smallest absolute Gasteiger partial charge is 0.193 e.